The molecular weight excluding hydrogens is 190 g/mol. The summed E-state index contributed by atoms with van der Waals surface area (Å²) in [4.78, 5) is 8.68. The zero-order chi connectivity index (χ0) is 2.71. The molecule has 2 heteroatoms. The molecule has 23 valence electrons. The Hall–Kier alpha value is 1.01. The summed E-state index contributed by atoms with van der Waals surface area (Å²) in [6.45, 7) is 1.32. The van der Waals surface area contributed by atoms with Crippen molar-refractivity contribution in [1.82, 2.24) is 0 Å². The maximum absolute atomic E-state index is 8.68. The van der Waals surface area contributed by atoms with Gasteiger partial charge in [0.1, 0.15) is 0 Å². The SMILES string of the molecule is C[C]=O.[Sm]. The Morgan fingerprint density at radius 2 is 1.75 bits per heavy atom. The molecule has 0 amide bonds. The third-order valence-corrected chi connectivity index (χ3v) is 0. The van der Waals surface area contributed by atoms with Crippen molar-refractivity contribution in [1.29, 1.82) is 0 Å². The first-order valence-corrected chi connectivity index (χ1v) is 0.704. The molecule has 4 heavy (non-hydrogen) atoms. The first kappa shape index (κ1) is 8.89. The average Bonchev–Trinajstić information content (AvgIpc) is 0.918. The maximum Gasteiger partial charge on any atom is 0.195 e. The minimum atomic E-state index is 0. The second-order valence-electron chi connectivity index (χ2n) is 0.204. The Morgan fingerprint density at radius 3 is 1.75 bits per heavy atom. The Balaban J connectivity index is 0. The second kappa shape index (κ2) is 8.99. The van der Waals surface area contributed by atoms with Gasteiger partial charge in [0, 0.05) is 47.3 Å². The largest absolute Gasteiger partial charge is 0.291 e. The zero-order valence-electron chi connectivity index (χ0n) is 2.32. The number of rotatable bonds is 0. The zero-order valence-corrected chi connectivity index (χ0v) is 4.94. The van der Waals surface area contributed by atoms with Gasteiger partial charge >= 0.3 is 0 Å². The summed E-state index contributed by atoms with van der Waals surface area (Å²) in [7, 11) is 0. The Labute approximate surface area is 57.9 Å². The van der Waals surface area contributed by atoms with Crippen LogP contribution in [0.5, 0.6) is 0 Å². The van der Waals surface area contributed by atoms with E-state index in [9.17, 15) is 0 Å². The van der Waals surface area contributed by atoms with Crippen molar-refractivity contribution in [2.75, 3.05) is 0 Å². The fourth-order valence-corrected chi connectivity index (χ4v) is 0. The summed E-state index contributed by atoms with van der Waals surface area (Å²) < 4.78 is 0. The van der Waals surface area contributed by atoms with E-state index in [1.807, 2.05) is 0 Å². The molecule has 0 aromatic heterocycles. The number of hydrogen-bond acceptors (Lipinski definition) is 1. The summed E-state index contributed by atoms with van der Waals surface area (Å²) >= 11 is 0. The van der Waals surface area contributed by atoms with E-state index in [0.29, 0.717) is 0 Å². The van der Waals surface area contributed by atoms with E-state index in [0.717, 1.165) is 0 Å². The van der Waals surface area contributed by atoms with Gasteiger partial charge in [-0.15, -0.1) is 0 Å². The quantitative estimate of drug-likeness (QED) is 0.534. The van der Waals surface area contributed by atoms with Crippen LogP contribution < -0.4 is 0 Å². The van der Waals surface area contributed by atoms with E-state index >= 15 is 0 Å². The van der Waals surface area contributed by atoms with Gasteiger partial charge in [-0.25, -0.2) is 0 Å². The van der Waals surface area contributed by atoms with Gasteiger partial charge in [0.05, 0.1) is 0 Å². The van der Waals surface area contributed by atoms with Crippen LogP contribution >= 0.6 is 0 Å². The van der Waals surface area contributed by atoms with Gasteiger partial charge in [0.25, 0.3) is 0 Å². The van der Waals surface area contributed by atoms with Crippen LogP contribution in [0.25, 0.3) is 0 Å². The van der Waals surface area contributed by atoms with Gasteiger partial charge < -0.3 is 0 Å². The predicted octanol–water partition coefficient (Wildman–Crippen LogP) is 0.116. The van der Waals surface area contributed by atoms with E-state index < -0.39 is 0 Å². The summed E-state index contributed by atoms with van der Waals surface area (Å²) in [5.74, 6) is 0. The third kappa shape index (κ3) is 11.9. The summed E-state index contributed by atoms with van der Waals surface area (Å²) in [6.07, 6.45) is 1.50. The van der Waals surface area contributed by atoms with Crippen LogP contribution in [-0.2, 0) is 4.79 Å². The molecule has 1 nitrogen and oxygen atoms in total. The molecule has 0 aromatic carbocycles. The minimum Gasteiger partial charge on any atom is -0.291 e. The van der Waals surface area contributed by atoms with Crippen LogP contribution in [0.3, 0.4) is 0 Å². The molecule has 0 heterocycles. The van der Waals surface area contributed by atoms with Crippen molar-refractivity contribution in [2.45, 2.75) is 6.92 Å². The smallest absolute Gasteiger partial charge is 0.195 e. The Kier molecular flexibility index (Phi) is 20.0. The molecule has 0 fully saturated rings. The monoisotopic (exact) mass is 195 g/mol. The van der Waals surface area contributed by atoms with Crippen LogP contribution in [0.15, 0.2) is 0 Å². The topological polar surface area (TPSA) is 17.1 Å². The van der Waals surface area contributed by atoms with Gasteiger partial charge in [-0.1, -0.05) is 0 Å². The second-order valence-corrected chi connectivity index (χ2v) is 0.204. The van der Waals surface area contributed by atoms with E-state index in [4.69, 9.17) is 4.79 Å². The van der Waals surface area contributed by atoms with Gasteiger partial charge in [-0.05, 0) is 0 Å². The van der Waals surface area contributed by atoms with Gasteiger partial charge in [0.2, 0.25) is 0 Å². The van der Waals surface area contributed by atoms with Crippen LogP contribution in [0.1, 0.15) is 6.92 Å². The molecule has 0 saturated heterocycles. The fraction of sp³-hybridized carbons (Fsp3) is 0.500. The van der Waals surface area contributed by atoms with Crippen LogP contribution in [0.4, 0.5) is 0 Å². The molecule has 0 spiro atoms. The predicted molar refractivity (Wildman–Crippen MR) is 11.4 cm³/mol. The van der Waals surface area contributed by atoms with Crippen molar-refractivity contribution >= 4 is 6.29 Å². The normalized spacial score (nSPS) is 3.25. The minimum absolute atomic E-state index is 0. The van der Waals surface area contributed by atoms with E-state index in [2.05, 4.69) is 0 Å². The van der Waals surface area contributed by atoms with Gasteiger partial charge in [-0.3, -0.25) is 4.79 Å². The van der Waals surface area contributed by atoms with Gasteiger partial charge in [0.15, 0.2) is 6.29 Å². The van der Waals surface area contributed by atoms with Crippen LogP contribution in [-0.4, -0.2) is 6.29 Å². The fourth-order valence-electron chi connectivity index (χ4n) is 0. The number of carbonyl (C=O) groups excluding carboxylic acids is 1. The average molecular weight is 193 g/mol. The molecule has 0 aromatic rings. The summed E-state index contributed by atoms with van der Waals surface area (Å²) in [5, 5.41) is 0. The van der Waals surface area contributed by atoms with Crippen molar-refractivity contribution in [3.05, 3.63) is 0 Å². The van der Waals surface area contributed by atoms with Gasteiger partial charge in [-0.2, -0.15) is 0 Å². The molecule has 0 N–H and O–H groups in total. The molecule has 0 atom stereocenters. The Bertz CT molecular complexity index is 13.5. The molecule has 0 bridgehead atoms. The molecule has 0 aliphatic rings. The molecular formula is C2H3OSm. The molecule has 1 radical (unpaired) electrons. The first-order valence-electron chi connectivity index (χ1n) is 0.704. The molecule has 0 aliphatic carbocycles. The molecule has 0 saturated carbocycles. The Morgan fingerprint density at radius 1 is 1.75 bits per heavy atom. The van der Waals surface area contributed by atoms with E-state index in [1.54, 1.807) is 0 Å². The molecule has 0 rings (SSSR count). The first-order chi connectivity index (χ1) is 1.41. The van der Waals surface area contributed by atoms with E-state index in [1.165, 1.54) is 13.2 Å². The van der Waals surface area contributed by atoms with Crippen LogP contribution in [0, 0.1) is 40.4 Å². The van der Waals surface area contributed by atoms with Crippen LogP contribution in [0.2, 0.25) is 0 Å². The van der Waals surface area contributed by atoms with E-state index in [-0.39, 0.29) is 40.4 Å². The summed E-state index contributed by atoms with van der Waals surface area (Å²) in [5.41, 5.74) is 0. The van der Waals surface area contributed by atoms with Crippen molar-refractivity contribution in [2.24, 2.45) is 0 Å². The summed E-state index contributed by atoms with van der Waals surface area (Å²) in [6, 6.07) is 0. The maximum atomic E-state index is 8.68. The van der Waals surface area contributed by atoms with Crippen molar-refractivity contribution in [3.8, 4) is 0 Å². The van der Waals surface area contributed by atoms with Crippen molar-refractivity contribution in [3.63, 3.8) is 0 Å². The molecule has 0 unspecified atom stereocenters. The third-order valence-electron chi connectivity index (χ3n) is 0. The standard InChI is InChI=1S/C2H3O.Sm/c1-2-3;/h1H3;. The number of hydrogen-bond donors (Lipinski definition) is 0. The van der Waals surface area contributed by atoms with Crippen molar-refractivity contribution < 1.29 is 45.2 Å². The molecule has 0 aliphatic heterocycles.